The molecule has 3 aromatic carbocycles. The highest BCUT2D eigenvalue weighted by molar-refractivity contribution is 9.10. The van der Waals surface area contributed by atoms with Gasteiger partial charge in [0.1, 0.15) is 23.4 Å². The maximum Gasteiger partial charge on any atom is 0.573 e. The largest absolute Gasteiger partial charge is 0.573 e. The molecule has 30 heavy (non-hydrogen) atoms. The zero-order valence-electron chi connectivity index (χ0n) is 15.9. The summed E-state index contributed by atoms with van der Waals surface area (Å²) in [7, 11) is 1.58. The molecule has 3 nitrogen and oxygen atoms in total. The fourth-order valence-electron chi connectivity index (χ4n) is 3.71. The van der Waals surface area contributed by atoms with Gasteiger partial charge in [-0.2, -0.15) is 0 Å². The lowest BCUT2D eigenvalue weighted by atomic mass is 9.82. The molecule has 0 bridgehead atoms. The minimum absolute atomic E-state index is 0.0684. The van der Waals surface area contributed by atoms with Gasteiger partial charge in [-0.05, 0) is 51.7 Å². The van der Waals surface area contributed by atoms with Gasteiger partial charge in [-0.3, -0.25) is 0 Å². The van der Waals surface area contributed by atoms with Crippen LogP contribution in [-0.2, 0) is 0 Å². The molecule has 0 unspecified atom stereocenters. The summed E-state index contributed by atoms with van der Waals surface area (Å²) in [5.74, 6) is 1.03. The van der Waals surface area contributed by atoms with Gasteiger partial charge < -0.3 is 14.2 Å². The topological polar surface area (TPSA) is 27.7 Å². The average Bonchev–Trinajstić information content (AvgIpc) is 2.73. The lowest BCUT2D eigenvalue weighted by Gasteiger charge is -2.33. The normalized spacial score (nSPS) is 18.3. The Labute approximate surface area is 180 Å². The fraction of sp³-hybridized carbons (Fsp3) is 0.217. The lowest BCUT2D eigenvalue weighted by molar-refractivity contribution is -0.274. The first-order chi connectivity index (χ1) is 14.3. The number of hydrogen-bond donors (Lipinski definition) is 0. The molecule has 7 heteroatoms. The van der Waals surface area contributed by atoms with E-state index in [9.17, 15) is 13.2 Å². The Morgan fingerprint density at radius 2 is 1.67 bits per heavy atom. The van der Waals surface area contributed by atoms with Gasteiger partial charge in [0.25, 0.3) is 0 Å². The number of methoxy groups -OCH3 is 1. The van der Waals surface area contributed by atoms with Crippen molar-refractivity contribution in [2.24, 2.45) is 0 Å². The first-order valence-corrected chi connectivity index (χ1v) is 10.1. The molecule has 2 atom stereocenters. The van der Waals surface area contributed by atoms with E-state index in [1.54, 1.807) is 19.2 Å². The molecule has 0 amide bonds. The molecule has 1 aliphatic rings. The summed E-state index contributed by atoms with van der Waals surface area (Å²) in [5, 5.41) is 0. The second-order valence-corrected chi connectivity index (χ2v) is 7.80. The summed E-state index contributed by atoms with van der Waals surface area (Å²) < 4.78 is 54.0. The van der Waals surface area contributed by atoms with Gasteiger partial charge in [0.15, 0.2) is 0 Å². The van der Waals surface area contributed by atoms with E-state index in [1.165, 1.54) is 12.1 Å². The van der Waals surface area contributed by atoms with Gasteiger partial charge in [0.05, 0.1) is 11.6 Å². The van der Waals surface area contributed by atoms with Crippen LogP contribution in [0.4, 0.5) is 13.2 Å². The number of hydrogen-bond acceptors (Lipinski definition) is 3. The monoisotopic (exact) mass is 478 g/mol. The average molecular weight is 479 g/mol. The molecule has 4 rings (SSSR count). The van der Waals surface area contributed by atoms with E-state index >= 15 is 0 Å². The number of fused-ring (bicyclic) bond motifs is 1. The van der Waals surface area contributed by atoms with Gasteiger partial charge in [-0.25, -0.2) is 0 Å². The summed E-state index contributed by atoms with van der Waals surface area (Å²) in [6.07, 6.45) is -4.26. The Kier molecular flexibility index (Phi) is 5.64. The van der Waals surface area contributed by atoms with Crippen LogP contribution in [0, 0.1) is 0 Å². The molecule has 0 radical (unpaired) electrons. The number of rotatable bonds is 4. The summed E-state index contributed by atoms with van der Waals surface area (Å²) in [6.45, 7) is 0. The van der Waals surface area contributed by atoms with Crippen LogP contribution in [0.1, 0.15) is 35.1 Å². The molecule has 0 aromatic heterocycles. The van der Waals surface area contributed by atoms with Crippen LogP contribution in [-0.4, -0.2) is 13.5 Å². The van der Waals surface area contributed by atoms with Gasteiger partial charge in [-0.15, -0.1) is 13.2 Å². The van der Waals surface area contributed by atoms with Crippen LogP contribution in [0.5, 0.6) is 17.2 Å². The third-order valence-corrected chi connectivity index (χ3v) is 5.69. The van der Waals surface area contributed by atoms with Crippen LogP contribution in [0.25, 0.3) is 0 Å². The first-order valence-electron chi connectivity index (χ1n) is 9.29. The Morgan fingerprint density at radius 1 is 0.967 bits per heavy atom. The fourth-order valence-corrected chi connectivity index (χ4v) is 4.24. The second-order valence-electron chi connectivity index (χ2n) is 6.95. The van der Waals surface area contributed by atoms with Crippen molar-refractivity contribution in [2.45, 2.75) is 24.8 Å². The maximum absolute atomic E-state index is 12.5. The van der Waals surface area contributed by atoms with E-state index in [-0.39, 0.29) is 17.8 Å². The molecule has 0 saturated carbocycles. The standard InChI is InChI=1S/C23H18BrF3O3/c1-28-22-13-21-18(11-19(22)24)17(12-20(29-21)15-5-3-2-4-6-15)14-7-9-16(10-8-14)30-23(25,26)27/h2-11,13,17,20H,12H2,1H3/t17-,20+/m0/s1. The predicted molar refractivity (Wildman–Crippen MR) is 110 cm³/mol. The third kappa shape index (κ3) is 4.41. The zero-order valence-corrected chi connectivity index (χ0v) is 17.5. The predicted octanol–water partition coefficient (Wildman–Crippen LogP) is 7.01. The van der Waals surface area contributed by atoms with Crippen molar-refractivity contribution in [3.05, 3.63) is 87.9 Å². The van der Waals surface area contributed by atoms with E-state index in [0.717, 1.165) is 21.2 Å². The molecule has 0 saturated heterocycles. The van der Waals surface area contributed by atoms with Crippen molar-refractivity contribution in [1.29, 1.82) is 0 Å². The molecular formula is C23H18BrF3O3. The van der Waals surface area contributed by atoms with E-state index in [2.05, 4.69) is 20.7 Å². The summed E-state index contributed by atoms with van der Waals surface area (Å²) in [5.41, 5.74) is 2.86. The zero-order chi connectivity index (χ0) is 21.3. The van der Waals surface area contributed by atoms with E-state index in [0.29, 0.717) is 17.9 Å². The highest BCUT2D eigenvalue weighted by atomic mass is 79.9. The molecular weight excluding hydrogens is 461 g/mol. The van der Waals surface area contributed by atoms with Crippen molar-refractivity contribution in [3.63, 3.8) is 0 Å². The molecule has 0 aliphatic carbocycles. The van der Waals surface area contributed by atoms with Crippen LogP contribution in [0.15, 0.2) is 71.2 Å². The Balaban J connectivity index is 1.73. The van der Waals surface area contributed by atoms with Crippen molar-refractivity contribution in [2.75, 3.05) is 7.11 Å². The summed E-state index contributed by atoms with van der Waals surface area (Å²) in [4.78, 5) is 0. The van der Waals surface area contributed by atoms with Crippen molar-refractivity contribution < 1.29 is 27.4 Å². The quantitative estimate of drug-likeness (QED) is 0.403. The van der Waals surface area contributed by atoms with Crippen LogP contribution >= 0.6 is 15.9 Å². The highest BCUT2D eigenvalue weighted by Crippen LogP contribution is 2.48. The number of benzene rings is 3. The van der Waals surface area contributed by atoms with Crippen molar-refractivity contribution in [1.82, 2.24) is 0 Å². The molecule has 0 N–H and O–H groups in total. The summed E-state index contributed by atoms with van der Waals surface area (Å²) in [6, 6.07) is 19.7. The number of ether oxygens (including phenoxy) is 3. The molecule has 3 aromatic rings. The number of alkyl halides is 3. The van der Waals surface area contributed by atoms with Crippen LogP contribution < -0.4 is 14.2 Å². The van der Waals surface area contributed by atoms with Crippen molar-refractivity contribution in [3.8, 4) is 17.2 Å². The minimum Gasteiger partial charge on any atom is -0.495 e. The Hall–Kier alpha value is -2.67. The van der Waals surface area contributed by atoms with Gasteiger partial charge in [0.2, 0.25) is 0 Å². The number of halogens is 4. The molecule has 0 spiro atoms. The Bertz CT molecular complexity index is 1020. The maximum atomic E-state index is 12.5. The molecule has 1 aliphatic heterocycles. The summed E-state index contributed by atoms with van der Waals surface area (Å²) >= 11 is 3.51. The van der Waals surface area contributed by atoms with Gasteiger partial charge in [0, 0.05) is 17.5 Å². The first kappa shape index (κ1) is 20.6. The second kappa shape index (κ2) is 8.22. The van der Waals surface area contributed by atoms with E-state index in [4.69, 9.17) is 9.47 Å². The minimum atomic E-state index is -4.72. The van der Waals surface area contributed by atoms with Gasteiger partial charge >= 0.3 is 6.36 Å². The SMILES string of the molecule is COc1cc2c(cc1Br)[C@H](c1ccc(OC(F)(F)F)cc1)C[C@H](c1ccccc1)O2. The third-order valence-electron chi connectivity index (χ3n) is 5.07. The highest BCUT2D eigenvalue weighted by Gasteiger charge is 2.33. The lowest BCUT2D eigenvalue weighted by Crippen LogP contribution is -2.20. The van der Waals surface area contributed by atoms with Crippen LogP contribution in [0.2, 0.25) is 0 Å². The molecule has 156 valence electrons. The van der Waals surface area contributed by atoms with Crippen molar-refractivity contribution >= 4 is 15.9 Å². The molecule has 0 fully saturated rings. The van der Waals surface area contributed by atoms with Crippen LogP contribution in [0.3, 0.4) is 0 Å². The van der Waals surface area contributed by atoms with E-state index < -0.39 is 6.36 Å². The van der Waals surface area contributed by atoms with E-state index in [1.807, 2.05) is 42.5 Å². The smallest absolute Gasteiger partial charge is 0.495 e. The molecule has 1 heterocycles. The Morgan fingerprint density at radius 3 is 2.30 bits per heavy atom. The van der Waals surface area contributed by atoms with Gasteiger partial charge in [-0.1, -0.05) is 42.5 Å².